The van der Waals surface area contributed by atoms with E-state index >= 15 is 0 Å². The second-order valence-corrected chi connectivity index (χ2v) is 9.44. The monoisotopic (exact) mass is 519 g/mol. The van der Waals surface area contributed by atoms with Crippen molar-refractivity contribution in [2.75, 3.05) is 13.2 Å². The van der Waals surface area contributed by atoms with E-state index in [9.17, 15) is 9.18 Å². The van der Waals surface area contributed by atoms with Crippen molar-refractivity contribution >= 4 is 17.5 Å². The second kappa shape index (κ2) is 11.2. The highest BCUT2D eigenvalue weighted by molar-refractivity contribution is 6.30. The van der Waals surface area contributed by atoms with Crippen molar-refractivity contribution in [2.24, 2.45) is 0 Å². The number of carbonyl (C=O) groups excluding carboxylic acids is 1. The van der Waals surface area contributed by atoms with Gasteiger partial charge in [-0.1, -0.05) is 29.8 Å². The molecule has 0 aliphatic carbocycles. The molecular formula is C29H27ClFN3O3. The van der Waals surface area contributed by atoms with Gasteiger partial charge in [-0.15, -0.1) is 0 Å². The molecule has 0 N–H and O–H groups in total. The van der Waals surface area contributed by atoms with Crippen molar-refractivity contribution in [1.82, 2.24) is 14.7 Å². The summed E-state index contributed by atoms with van der Waals surface area (Å²) in [6.07, 6.45) is 1.78. The summed E-state index contributed by atoms with van der Waals surface area (Å²) in [5, 5.41) is 5.38. The normalized spacial score (nSPS) is 15.1. The Morgan fingerprint density at radius 3 is 2.51 bits per heavy atom. The topological polar surface area (TPSA) is 56.6 Å². The number of halogens is 2. The number of amides is 1. The van der Waals surface area contributed by atoms with Crippen molar-refractivity contribution in [2.45, 2.75) is 32.4 Å². The van der Waals surface area contributed by atoms with Crippen molar-refractivity contribution in [3.8, 4) is 17.3 Å². The molecule has 0 radical (unpaired) electrons. The number of nitrogens with zero attached hydrogens (tertiary/aromatic N) is 3. The largest absolute Gasteiger partial charge is 0.439 e. The zero-order chi connectivity index (χ0) is 25.8. The van der Waals surface area contributed by atoms with Gasteiger partial charge < -0.3 is 14.4 Å². The Morgan fingerprint density at radius 1 is 1.11 bits per heavy atom. The van der Waals surface area contributed by atoms with Gasteiger partial charge >= 0.3 is 0 Å². The van der Waals surface area contributed by atoms with E-state index in [0.717, 1.165) is 29.8 Å². The molecule has 1 fully saturated rings. The number of para-hydroxylation sites is 1. The summed E-state index contributed by atoms with van der Waals surface area (Å²) in [6, 6.07) is 22.4. The smallest absolute Gasteiger partial charge is 0.254 e. The number of aryl methyl sites for hydroxylation is 1. The van der Waals surface area contributed by atoms with Gasteiger partial charge in [0.25, 0.3) is 5.91 Å². The van der Waals surface area contributed by atoms with Crippen LogP contribution in [0.1, 0.15) is 34.5 Å². The molecule has 0 bridgehead atoms. The fraction of sp³-hybridized carbons (Fsp3) is 0.241. The van der Waals surface area contributed by atoms with E-state index in [4.69, 9.17) is 26.2 Å². The Balaban J connectivity index is 1.54. The average molecular weight is 520 g/mol. The highest BCUT2D eigenvalue weighted by Crippen LogP contribution is 2.32. The Morgan fingerprint density at radius 2 is 1.84 bits per heavy atom. The Kier molecular flexibility index (Phi) is 7.53. The number of aromatic nitrogens is 2. The molecule has 1 aliphatic rings. The molecule has 1 saturated heterocycles. The van der Waals surface area contributed by atoms with Gasteiger partial charge in [-0.25, -0.2) is 9.07 Å². The van der Waals surface area contributed by atoms with Crippen molar-refractivity contribution in [1.29, 1.82) is 0 Å². The lowest BCUT2D eigenvalue weighted by Gasteiger charge is -2.26. The first kappa shape index (κ1) is 25.0. The van der Waals surface area contributed by atoms with Crippen LogP contribution in [0.2, 0.25) is 5.02 Å². The van der Waals surface area contributed by atoms with Crippen LogP contribution in [0.15, 0.2) is 78.9 Å². The molecule has 37 heavy (non-hydrogen) atoms. The molecule has 2 heterocycles. The predicted octanol–water partition coefficient (Wildman–Crippen LogP) is 6.59. The molecule has 190 valence electrons. The summed E-state index contributed by atoms with van der Waals surface area (Å²) in [4.78, 5) is 15.3. The lowest BCUT2D eigenvalue weighted by atomic mass is 10.1. The van der Waals surface area contributed by atoms with E-state index in [1.165, 1.54) is 24.3 Å². The summed E-state index contributed by atoms with van der Waals surface area (Å²) in [5.41, 5.74) is 2.69. The van der Waals surface area contributed by atoms with Crippen LogP contribution in [0.4, 0.5) is 4.39 Å². The molecule has 1 atom stereocenters. The van der Waals surface area contributed by atoms with Crippen LogP contribution >= 0.6 is 11.6 Å². The van der Waals surface area contributed by atoms with Gasteiger partial charge in [-0.05, 0) is 80.4 Å². The van der Waals surface area contributed by atoms with E-state index in [0.29, 0.717) is 35.4 Å². The molecule has 8 heteroatoms. The fourth-order valence-electron chi connectivity index (χ4n) is 4.40. The van der Waals surface area contributed by atoms with Gasteiger partial charge in [0.15, 0.2) is 0 Å². The lowest BCUT2D eigenvalue weighted by Crippen LogP contribution is -2.37. The number of carbonyl (C=O) groups is 1. The maximum atomic E-state index is 13.6. The van der Waals surface area contributed by atoms with Crippen LogP contribution in [-0.2, 0) is 11.3 Å². The molecule has 0 saturated carbocycles. The third-order valence-corrected chi connectivity index (χ3v) is 6.59. The third-order valence-electron chi connectivity index (χ3n) is 6.34. The molecule has 0 spiro atoms. The van der Waals surface area contributed by atoms with Crippen LogP contribution < -0.4 is 4.74 Å². The summed E-state index contributed by atoms with van der Waals surface area (Å²) in [5.74, 6) is 0.560. The third kappa shape index (κ3) is 5.84. The maximum Gasteiger partial charge on any atom is 0.254 e. The Hall–Kier alpha value is -3.68. The predicted molar refractivity (Wildman–Crippen MR) is 140 cm³/mol. The van der Waals surface area contributed by atoms with Crippen LogP contribution in [0.25, 0.3) is 5.69 Å². The Bertz CT molecular complexity index is 1350. The van der Waals surface area contributed by atoms with Crippen molar-refractivity contribution < 1.29 is 18.7 Å². The number of hydrogen-bond acceptors (Lipinski definition) is 4. The molecule has 6 nitrogen and oxygen atoms in total. The minimum atomic E-state index is -0.388. The minimum Gasteiger partial charge on any atom is -0.439 e. The minimum absolute atomic E-state index is 0.0606. The van der Waals surface area contributed by atoms with Gasteiger partial charge in [-0.2, -0.15) is 5.10 Å². The first-order valence-electron chi connectivity index (χ1n) is 12.2. The van der Waals surface area contributed by atoms with Gasteiger partial charge in [-0.3, -0.25) is 4.79 Å². The van der Waals surface area contributed by atoms with Gasteiger partial charge in [0.2, 0.25) is 5.88 Å². The van der Waals surface area contributed by atoms with Crippen molar-refractivity contribution in [3.05, 3.63) is 107 Å². The van der Waals surface area contributed by atoms with E-state index in [1.807, 2.05) is 49.4 Å². The zero-order valence-electron chi connectivity index (χ0n) is 20.4. The fourth-order valence-corrected chi connectivity index (χ4v) is 4.53. The van der Waals surface area contributed by atoms with E-state index < -0.39 is 0 Å². The molecular weight excluding hydrogens is 493 g/mol. The standard InChI is InChI=1S/C29H27ClFN3O3/c1-20-27(19-33(18-26-8-5-17-36-26)28(35)21-9-13-23(31)14-10-21)29(37-25-6-3-2-4-7-25)34(32-20)24-15-11-22(30)12-16-24/h2-4,6-7,9-16,26H,5,8,17-19H2,1H3. The summed E-state index contributed by atoms with van der Waals surface area (Å²) in [7, 11) is 0. The number of hydrogen-bond donors (Lipinski definition) is 0. The lowest BCUT2D eigenvalue weighted by molar-refractivity contribution is 0.0505. The van der Waals surface area contributed by atoms with E-state index in [-0.39, 0.29) is 24.4 Å². The van der Waals surface area contributed by atoms with Crippen molar-refractivity contribution in [3.63, 3.8) is 0 Å². The molecule has 3 aromatic carbocycles. The highest BCUT2D eigenvalue weighted by atomic mass is 35.5. The summed E-state index contributed by atoms with van der Waals surface area (Å²) >= 11 is 6.12. The highest BCUT2D eigenvalue weighted by Gasteiger charge is 2.28. The molecule has 5 rings (SSSR count). The summed E-state index contributed by atoms with van der Waals surface area (Å²) < 4.78 is 27.5. The van der Waals surface area contributed by atoms with E-state index in [2.05, 4.69) is 0 Å². The molecule has 1 aliphatic heterocycles. The van der Waals surface area contributed by atoms with Crippen LogP contribution in [0.3, 0.4) is 0 Å². The van der Waals surface area contributed by atoms with Gasteiger partial charge in [0.05, 0.1) is 29.6 Å². The number of rotatable bonds is 8. The molecule has 4 aromatic rings. The van der Waals surface area contributed by atoms with Crippen LogP contribution in [0, 0.1) is 12.7 Å². The Labute approximate surface area is 220 Å². The van der Waals surface area contributed by atoms with Gasteiger partial charge in [0.1, 0.15) is 11.6 Å². The summed E-state index contributed by atoms with van der Waals surface area (Å²) in [6.45, 7) is 3.23. The molecule has 1 unspecified atom stereocenters. The van der Waals surface area contributed by atoms with Gasteiger partial charge in [0, 0.05) is 23.7 Å². The van der Waals surface area contributed by atoms with Crippen LogP contribution in [0.5, 0.6) is 11.6 Å². The maximum absolute atomic E-state index is 13.6. The van der Waals surface area contributed by atoms with Crippen LogP contribution in [-0.4, -0.2) is 39.8 Å². The average Bonchev–Trinajstić information content (AvgIpc) is 3.53. The molecule has 1 amide bonds. The first-order valence-corrected chi connectivity index (χ1v) is 12.6. The second-order valence-electron chi connectivity index (χ2n) is 9.00. The zero-order valence-corrected chi connectivity index (χ0v) is 21.2. The number of ether oxygens (including phenoxy) is 2. The number of benzene rings is 3. The first-order chi connectivity index (χ1) is 18.0. The molecule has 1 aromatic heterocycles. The van der Waals surface area contributed by atoms with E-state index in [1.54, 1.807) is 21.7 Å². The SMILES string of the molecule is Cc1nn(-c2ccc(Cl)cc2)c(Oc2ccccc2)c1CN(CC1CCCO1)C(=O)c1ccc(F)cc1. The quantitative estimate of drug-likeness (QED) is 0.263.